The fourth-order valence-corrected chi connectivity index (χ4v) is 5.26. The number of rotatable bonds is 3. The first-order valence-corrected chi connectivity index (χ1v) is 10.7. The summed E-state index contributed by atoms with van der Waals surface area (Å²) in [7, 11) is 0. The molecule has 2 aliphatic rings. The second-order valence-electron chi connectivity index (χ2n) is 7.09. The van der Waals surface area contributed by atoms with Crippen LogP contribution in [0.15, 0.2) is 0 Å². The zero-order valence-corrected chi connectivity index (χ0v) is 16.9. The summed E-state index contributed by atoms with van der Waals surface area (Å²) in [5.74, 6) is 0.561. The molecule has 1 aliphatic heterocycles. The molecule has 1 saturated heterocycles. The Labute approximate surface area is 159 Å². The Morgan fingerprint density at radius 3 is 2.72 bits per heavy atom. The van der Waals surface area contributed by atoms with Gasteiger partial charge < -0.3 is 15.0 Å². The number of likely N-dealkylation sites (tertiary alicyclic amines) is 1. The number of esters is 1. The molecule has 4 nitrogen and oxygen atoms in total. The second-order valence-corrected chi connectivity index (χ2v) is 8.58. The van der Waals surface area contributed by atoms with Crippen LogP contribution in [0, 0.1) is 5.92 Å². The molecule has 0 unspecified atom stereocenters. The van der Waals surface area contributed by atoms with Crippen LogP contribution >= 0.6 is 23.6 Å². The molecule has 0 radical (unpaired) electrons. The summed E-state index contributed by atoms with van der Waals surface area (Å²) in [5, 5.41) is 5.01. The molecule has 3 rings (SSSR count). The van der Waals surface area contributed by atoms with Crippen LogP contribution in [-0.4, -0.2) is 35.7 Å². The first-order valence-electron chi connectivity index (χ1n) is 9.47. The molecular weight excluding hydrogens is 352 g/mol. The molecule has 2 heterocycles. The molecule has 0 bridgehead atoms. The van der Waals surface area contributed by atoms with Crippen LogP contribution in [0.4, 0.5) is 5.00 Å². The molecule has 0 saturated carbocycles. The summed E-state index contributed by atoms with van der Waals surface area (Å²) >= 11 is 7.34. The predicted octanol–water partition coefficient (Wildman–Crippen LogP) is 4.62. The van der Waals surface area contributed by atoms with Gasteiger partial charge in [0.2, 0.25) is 0 Å². The Hall–Kier alpha value is -1.14. The van der Waals surface area contributed by atoms with Crippen LogP contribution in [0.25, 0.3) is 0 Å². The minimum atomic E-state index is -0.209. The van der Waals surface area contributed by atoms with Crippen molar-refractivity contribution in [1.82, 2.24) is 4.90 Å². The fraction of sp³-hybridized carbons (Fsp3) is 0.684. The lowest BCUT2D eigenvalue weighted by Gasteiger charge is -2.32. The van der Waals surface area contributed by atoms with Crippen molar-refractivity contribution >= 4 is 39.6 Å². The maximum atomic E-state index is 12.6. The number of aryl methyl sites for hydroxylation is 1. The van der Waals surface area contributed by atoms with Gasteiger partial charge in [0, 0.05) is 18.0 Å². The van der Waals surface area contributed by atoms with E-state index in [1.807, 2.05) is 6.92 Å². The summed E-state index contributed by atoms with van der Waals surface area (Å²) in [6.45, 7) is 6.54. The van der Waals surface area contributed by atoms with E-state index >= 15 is 0 Å². The monoisotopic (exact) mass is 380 g/mol. The van der Waals surface area contributed by atoms with Crippen LogP contribution in [0.1, 0.15) is 66.8 Å². The number of fused-ring (bicyclic) bond motifs is 1. The maximum Gasteiger partial charge on any atom is 0.341 e. The molecule has 6 heteroatoms. The topological polar surface area (TPSA) is 41.6 Å². The van der Waals surface area contributed by atoms with E-state index in [2.05, 4.69) is 17.1 Å². The van der Waals surface area contributed by atoms with E-state index in [1.54, 1.807) is 11.3 Å². The van der Waals surface area contributed by atoms with E-state index in [9.17, 15) is 4.79 Å². The highest BCUT2D eigenvalue weighted by molar-refractivity contribution is 7.80. The first-order chi connectivity index (χ1) is 12.1. The zero-order valence-electron chi connectivity index (χ0n) is 15.2. The van der Waals surface area contributed by atoms with Crippen molar-refractivity contribution in [3.63, 3.8) is 0 Å². The molecule has 1 aromatic heterocycles. The molecule has 0 aromatic carbocycles. The van der Waals surface area contributed by atoms with Crippen molar-refractivity contribution in [1.29, 1.82) is 0 Å². The summed E-state index contributed by atoms with van der Waals surface area (Å²) in [6.07, 6.45) is 7.95. The van der Waals surface area contributed by atoms with Crippen LogP contribution in [0.5, 0.6) is 0 Å². The number of thiocarbonyl (C=S) groups is 1. The highest BCUT2D eigenvalue weighted by Crippen LogP contribution is 2.38. The lowest BCUT2D eigenvalue weighted by atomic mass is 10.00. The molecule has 1 aromatic rings. The number of hydrogen-bond acceptors (Lipinski definition) is 4. The number of nitrogens with one attached hydrogen (secondary N) is 1. The van der Waals surface area contributed by atoms with Gasteiger partial charge in [-0.05, 0) is 69.1 Å². The minimum absolute atomic E-state index is 0.209. The van der Waals surface area contributed by atoms with Crippen molar-refractivity contribution in [2.75, 3.05) is 25.0 Å². The Balaban J connectivity index is 1.82. The van der Waals surface area contributed by atoms with Crippen molar-refractivity contribution in [3.8, 4) is 0 Å². The minimum Gasteiger partial charge on any atom is -0.462 e. The number of hydrogen-bond donors (Lipinski definition) is 1. The SMILES string of the molecule is CCOC(=O)c1c(NC(=S)N2CCC(C)CC2)sc2c1CCCCC2. The molecule has 25 heavy (non-hydrogen) atoms. The van der Waals surface area contributed by atoms with Gasteiger partial charge in [0.25, 0.3) is 0 Å². The van der Waals surface area contributed by atoms with E-state index in [-0.39, 0.29) is 5.97 Å². The second kappa shape index (κ2) is 8.49. The van der Waals surface area contributed by atoms with E-state index in [0.29, 0.717) is 6.61 Å². The molecule has 1 aliphatic carbocycles. The Bertz CT molecular complexity index is 634. The normalized spacial score (nSPS) is 18.4. The van der Waals surface area contributed by atoms with Crippen molar-refractivity contribution in [2.24, 2.45) is 5.92 Å². The Kier molecular flexibility index (Phi) is 6.34. The highest BCUT2D eigenvalue weighted by atomic mass is 32.1. The average molecular weight is 381 g/mol. The average Bonchev–Trinajstić information content (AvgIpc) is 2.76. The van der Waals surface area contributed by atoms with Crippen molar-refractivity contribution < 1.29 is 9.53 Å². The third-order valence-electron chi connectivity index (χ3n) is 5.19. The van der Waals surface area contributed by atoms with Gasteiger partial charge in [0.15, 0.2) is 5.11 Å². The van der Waals surface area contributed by atoms with Gasteiger partial charge in [-0.2, -0.15) is 0 Å². The van der Waals surface area contributed by atoms with Gasteiger partial charge in [0.05, 0.1) is 12.2 Å². The van der Waals surface area contributed by atoms with E-state index in [1.165, 1.54) is 36.1 Å². The molecule has 138 valence electrons. The summed E-state index contributed by atoms with van der Waals surface area (Å²) in [5.41, 5.74) is 1.93. The maximum absolute atomic E-state index is 12.6. The van der Waals surface area contributed by atoms with Crippen molar-refractivity contribution in [3.05, 3.63) is 16.0 Å². The standard InChI is InChI=1S/C19H28N2O2S2/c1-3-23-18(22)16-14-7-5-4-6-8-15(14)25-17(16)20-19(24)21-11-9-13(2)10-12-21/h13H,3-12H2,1-2H3,(H,20,24). The third-order valence-corrected chi connectivity index (χ3v) is 6.76. The number of piperidine rings is 1. The lowest BCUT2D eigenvalue weighted by Crippen LogP contribution is -2.40. The molecule has 0 spiro atoms. The van der Waals surface area contributed by atoms with E-state index in [4.69, 9.17) is 17.0 Å². The number of nitrogens with zero attached hydrogens (tertiary/aromatic N) is 1. The van der Waals surface area contributed by atoms with Crippen LogP contribution < -0.4 is 5.32 Å². The van der Waals surface area contributed by atoms with E-state index < -0.39 is 0 Å². The van der Waals surface area contributed by atoms with Crippen molar-refractivity contribution in [2.45, 2.75) is 58.8 Å². The molecule has 1 fully saturated rings. The number of carbonyl (C=O) groups excluding carboxylic acids is 1. The van der Waals surface area contributed by atoms with Gasteiger partial charge in [-0.25, -0.2) is 4.79 Å². The molecule has 0 amide bonds. The molecule has 0 atom stereocenters. The van der Waals surface area contributed by atoms with Gasteiger partial charge in [-0.3, -0.25) is 0 Å². The number of ether oxygens (including phenoxy) is 1. The summed E-state index contributed by atoms with van der Waals surface area (Å²) < 4.78 is 5.35. The van der Waals surface area contributed by atoms with Gasteiger partial charge in [-0.15, -0.1) is 11.3 Å². The van der Waals surface area contributed by atoms with Gasteiger partial charge in [-0.1, -0.05) is 13.3 Å². The quantitative estimate of drug-likeness (QED) is 0.471. The number of carbonyl (C=O) groups is 1. The highest BCUT2D eigenvalue weighted by Gasteiger charge is 2.27. The van der Waals surface area contributed by atoms with Crippen LogP contribution in [-0.2, 0) is 17.6 Å². The fourth-order valence-electron chi connectivity index (χ4n) is 3.64. The smallest absolute Gasteiger partial charge is 0.341 e. The predicted molar refractivity (Wildman–Crippen MR) is 108 cm³/mol. The number of anilines is 1. The molecular formula is C19H28N2O2S2. The lowest BCUT2D eigenvalue weighted by molar-refractivity contribution is 0.0527. The summed E-state index contributed by atoms with van der Waals surface area (Å²) in [6, 6.07) is 0. The first kappa shape index (κ1) is 18.6. The zero-order chi connectivity index (χ0) is 17.8. The van der Waals surface area contributed by atoms with Crippen LogP contribution in [0.3, 0.4) is 0 Å². The Morgan fingerprint density at radius 2 is 2.00 bits per heavy atom. The molecule has 1 N–H and O–H groups in total. The Morgan fingerprint density at radius 1 is 1.28 bits per heavy atom. The largest absolute Gasteiger partial charge is 0.462 e. The van der Waals surface area contributed by atoms with E-state index in [0.717, 1.165) is 53.9 Å². The van der Waals surface area contributed by atoms with Gasteiger partial charge in [0.1, 0.15) is 5.00 Å². The number of thiophene rings is 1. The van der Waals surface area contributed by atoms with Gasteiger partial charge >= 0.3 is 5.97 Å². The summed E-state index contributed by atoms with van der Waals surface area (Å²) in [4.78, 5) is 16.2. The third kappa shape index (κ3) is 4.34. The van der Waals surface area contributed by atoms with Crippen LogP contribution in [0.2, 0.25) is 0 Å².